The number of anilines is 1. The molecular formula is C13H14N4O3. The summed E-state index contributed by atoms with van der Waals surface area (Å²) in [7, 11) is 1.75. The Hall–Kier alpha value is -2.70. The molecule has 0 spiro atoms. The molecule has 0 amide bonds. The van der Waals surface area contributed by atoms with Crippen LogP contribution in [0.2, 0.25) is 0 Å². The summed E-state index contributed by atoms with van der Waals surface area (Å²) in [4.78, 5) is 18.4. The molecule has 0 fully saturated rings. The fourth-order valence-electron chi connectivity index (χ4n) is 1.71. The number of hydrogen-bond acceptors (Lipinski definition) is 6. The lowest BCUT2D eigenvalue weighted by molar-refractivity contribution is -0.384. The van der Waals surface area contributed by atoms with Crippen molar-refractivity contribution in [2.75, 3.05) is 12.4 Å². The third kappa shape index (κ3) is 2.66. The summed E-state index contributed by atoms with van der Waals surface area (Å²) < 4.78 is 5.68. The van der Waals surface area contributed by atoms with Crippen LogP contribution in [0.4, 0.5) is 11.5 Å². The van der Waals surface area contributed by atoms with Gasteiger partial charge >= 0.3 is 0 Å². The van der Waals surface area contributed by atoms with Crippen LogP contribution >= 0.6 is 0 Å². The van der Waals surface area contributed by atoms with Crippen molar-refractivity contribution in [1.82, 2.24) is 9.97 Å². The molecule has 0 atom stereocenters. The first-order chi connectivity index (χ1) is 9.52. The predicted molar refractivity (Wildman–Crippen MR) is 74.2 cm³/mol. The fraction of sp³-hybridized carbons (Fsp3) is 0.231. The summed E-state index contributed by atoms with van der Waals surface area (Å²) >= 11 is 0. The lowest BCUT2D eigenvalue weighted by Crippen LogP contribution is -2.00. The van der Waals surface area contributed by atoms with E-state index >= 15 is 0 Å². The summed E-state index contributed by atoms with van der Waals surface area (Å²) in [5.41, 5.74) is 1.51. The van der Waals surface area contributed by atoms with Crippen molar-refractivity contribution in [1.29, 1.82) is 0 Å². The molecule has 0 aliphatic heterocycles. The van der Waals surface area contributed by atoms with Crippen molar-refractivity contribution in [2.24, 2.45) is 0 Å². The molecule has 1 heterocycles. The number of nitro benzene ring substituents is 1. The van der Waals surface area contributed by atoms with Gasteiger partial charge in [-0.05, 0) is 25.5 Å². The van der Waals surface area contributed by atoms with Gasteiger partial charge in [0.1, 0.15) is 17.9 Å². The lowest BCUT2D eigenvalue weighted by Gasteiger charge is -2.11. The van der Waals surface area contributed by atoms with E-state index in [2.05, 4.69) is 15.3 Å². The summed E-state index contributed by atoms with van der Waals surface area (Å²) in [6.07, 6.45) is 1.38. The Morgan fingerprint density at radius 3 is 2.70 bits per heavy atom. The number of aromatic nitrogens is 2. The molecule has 104 valence electrons. The number of non-ortho nitro benzene ring substituents is 1. The molecule has 0 saturated heterocycles. The number of rotatable bonds is 4. The standard InChI is InChI=1S/C13H14N4O3/c1-8-4-5-10(17(18)19)6-11(8)20-13-9(2)12(14-3)15-7-16-13/h4-7H,1-3H3,(H,14,15,16). The van der Waals surface area contributed by atoms with E-state index in [1.54, 1.807) is 13.1 Å². The van der Waals surface area contributed by atoms with Crippen LogP contribution in [0.3, 0.4) is 0 Å². The fourth-order valence-corrected chi connectivity index (χ4v) is 1.71. The van der Waals surface area contributed by atoms with Crippen LogP contribution in [0.5, 0.6) is 11.6 Å². The number of nitrogens with one attached hydrogen (secondary N) is 1. The van der Waals surface area contributed by atoms with E-state index in [1.165, 1.54) is 18.5 Å². The highest BCUT2D eigenvalue weighted by Crippen LogP contribution is 2.30. The zero-order chi connectivity index (χ0) is 14.7. The highest BCUT2D eigenvalue weighted by molar-refractivity contribution is 5.50. The Morgan fingerprint density at radius 1 is 1.30 bits per heavy atom. The minimum absolute atomic E-state index is 0.0221. The zero-order valence-electron chi connectivity index (χ0n) is 11.4. The van der Waals surface area contributed by atoms with Gasteiger partial charge in [-0.3, -0.25) is 10.1 Å². The maximum atomic E-state index is 10.8. The van der Waals surface area contributed by atoms with E-state index in [-0.39, 0.29) is 5.69 Å². The summed E-state index contributed by atoms with van der Waals surface area (Å²) in [5.74, 6) is 1.43. The van der Waals surface area contributed by atoms with E-state index in [0.717, 1.165) is 11.1 Å². The second kappa shape index (κ2) is 5.52. The van der Waals surface area contributed by atoms with Crippen LogP contribution in [-0.2, 0) is 0 Å². The third-order valence-electron chi connectivity index (χ3n) is 2.86. The Labute approximate surface area is 115 Å². The van der Waals surface area contributed by atoms with Crippen LogP contribution in [-0.4, -0.2) is 21.9 Å². The molecule has 1 aromatic heterocycles. The normalized spacial score (nSPS) is 10.2. The Bertz CT molecular complexity index is 658. The van der Waals surface area contributed by atoms with Crippen LogP contribution < -0.4 is 10.1 Å². The molecule has 0 radical (unpaired) electrons. The maximum Gasteiger partial charge on any atom is 0.273 e. The van der Waals surface area contributed by atoms with Gasteiger partial charge in [-0.2, -0.15) is 0 Å². The SMILES string of the molecule is CNc1ncnc(Oc2cc([N+](=O)[O-])ccc2C)c1C. The van der Waals surface area contributed by atoms with Crippen molar-refractivity contribution in [2.45, 2.75) is 13.8 Å². The minimum atomic E-state index is -0.460. The van der Waals surface area contributed by atoms with Gasteiger partial charge in [-0.1, -0.05) is 0 Å². The topological polar surface area (TPSA) is 90.2 Å². The van der Waals surface area contributed by atoms with Gasteiger partial charge in [0, 0.05) is 13.1 Å². The summed E-state index contributed by atoms with van der Waals surface area (Å²) in [6.45, 7) is 3.63. The number of hydrogen-bond donors (Lipinski definition) is 1. The Balaban J connectivity index is 2.39. The van der Waals surface area contributed by atoms with Gasteiger partial charge in [0.25, 0.3) is 5.69 Å². The van der Waals surface area contributed by atoms with E-state index in [1.807, 2.05) is 13.8 Å². The van der Waals surface area contributed by atoms with Gasteiger partial charge in [-0.15, -0.1) is 0 Å². The van der Waals surface area contributed by atoms with Crippen LogP contribution in [0.15, 0.2) is 24.5 Å². The first-order valence-electron chi connectivity index (χ1n) is 5.95. The second-order valence-corrected chi connectivity index (χ2v) is 4.21. The number of ether oxygens (including phenoxy) is 1. The van der Waals surface area contributed by atoms with Gasteiger partial charge in [0.05, 0.1) is 16.6 Å². The van der Waals surface area contributed by atoms with E-state index in [9.17, 15) is 10.1 Å². The summed E-state index contributed by atoms with van der Waals surface area (Å²) in [5, 5.41) is 13.7. The van der Waals surface area contributed by atoms with Crippen LogP contribution in [0.25, 0.3) is 0 Å². The van der Waals surface area contributed by atoms with Gasteiger partial charge < -0.3 is 10.1 Å². The molecule has 0 aliphatic rings. The number of aryl methyl sites for hydroxylation is 1. The first-order valence-corrected chi connectivity index (χ1v) is 5.95. The molecule has 2 aromatic rings. The lowest BCUT2D eigenvalue weighted by atomic mass is 10.2. The average Bonchev–Trinajstić information content (AvgIpc) is 2.43. The Kier molecular flexibility index (Phi) is 3.79. The van der Waals surface area contributed by atoms with Gasteiger partial charge in [0.2, 0.25) is 5.88 Å². The molecule has 0 aliphatic carbocycles. The van der Waals surface area contributed by atoms with Gasteiger partial charge in [0.15, 0.2) is 0 Å². The van der Waals surface area contributed by atoms with Crippen molar-refractivity contribution >= 4 is 11.5 Å². The molecule has 2 rings (SSSR count). The van der Waals surface area contributed by atoms with Gasteiger partial charge in [-0.25, -0.2) is 9.97 Å². The molecule has 20 heavy (non-hydrogen) atoms. The zero-order valence-corrected chi connectivity index (χ0v) is 11.4. The van der Waals surface area contributed by atoms with E-state index in [0.29, 0.717) is 17.4 Å². The quantitative estimate of drug-likeness (QED) is 0.681. The van der Waals surface area contributed by atoms with E-state index in [4.69, 9.17) is 4.74 Å². The number of nitrogens with zero attached hydrogens (tertiary/aromatic N) is 3. The molecule has 1 aromatic carbocycles. The van der Waals surface area contributed by atoms with Crippen LogP contribution in [0.1, 0.15) is 11.1 Å². The molecule has 7 heteroatoms. The molecule has 0 saturated carbocycles. The van der Waals surface area contributed by atoms with Crippen molar-refractivity contribution < 1.29 is 9.66 Å². The monoisotopic (exact) mass is 274 g/mol. The smallest absolute Gasteiger partial charge is 0.273 e. The average molecular weight is 274 g/mol. The van der Waals surface area contributed by atoms with E-state index < -0.39 is 4.92 Å². The molecular weight excluding hydrogens is 260 g/mol. The number of benzene rings is 1. The molecule has 0 unspecified atom stereocenters. The highest BCUT2D eigenvalue weighted by Gasteiger charge is 2.13. The number of nitro groups is 1. The van der Waals surface area contributed by atoms with Crippen molar-refractivity contribution in [3.8, 4) is 11.6 Å². The minimum Gasteiger partial charge on any atom is -0.438 e. The Morgan fingerprint density at radius 2 is 2.05 bits per heavy atom. The second-order valence-electron chi connectivity index (χ2n) is 4.21. The predicted octanol–water partition coefficient (Wildman–Crippen LogP) is 2.84. The van der Waals surface area contributed by atoms with Crippen molar-refractivity contribution in [3.05, 3.63) is 45.8 Å². The highest BCUT2D eigenvalue weighted by atomic mass is 16.6. The first kappa shape index (κ1) is 13.7. The maximum absolute atomic E-state index is 10.8. The molecule has 1 N–H and O–H groups in total. The third-order valence-corrected chi connectivity index (χ3v) is 2.86. The summed E-state index contributed by atoms with van der Waals surface area (Å²) in [6, 6.07) is 4.47. The molecule has 7 nitrogen and oxygen atoms in total. The van der Waals surface area contributed by atoms with Crippen LogP contribution in [0, 0.1) is 24.0 Å². The van der Waals surface area contributed by atoms with Crippen molar-refractivity contribution in [3.63, 3.8) is 0 Å². The molecule has 0 bridgehead atoms. The largest absolute Gasteiger partial charge is 0.438 e.